The Morgan fingerprint density at radius 3 is 0.929 bits per heavy atom. The molecule has 0 bridgehead atoms. The van der Waals surface area contributed by atoms with E-state index < -0.39 is 11.9 Å². The van der Waals surface area contributed by atoms with Crippen molar-refractivity contribution in [3.8, 4) is 0 Å². The van der Waals surface area contributed by atoms with Gasteiger partial charge in [0.1, 0.15) is 6.79 Å². The quantitative estimate of drug-likeness (QED) is 0.654. The van der Waals surface area contributed by atoms with Crippen molar-refractivity contribution >= 4 is 18.7 Å². The van der Waals surface area contributed by atoms with Crippen LogP contribution in [0.3, 0.4) is 0 Å². The average Bonchev–Trinajstić information content (AvgIpc) is 2.08. The normalized spacial score (nSPS) is 6.71. The molecule has 5 heteroatoms. The highest BCUT2D eigenvalue weighted by molar-refractivity contribution is 5.85. The molecule has 0 radical (unpaired) electrons. The number of hydrogen-bond donors (Lipinski definition) is 2. The molecule has 0 aromatic rings. The lowest BCUT2D eigenvalue weighted by atomic mass is 10.4. The maximum absolute atomic E-state index is 9.60. The predicted molar refractivity (Wildman–Crippen MR) is 52.0 cm³/mol. The third-order valence-corrected chi connectivity index (χ3v) is 0.730. The molecule has 0 aliphatic carbocycles. The number of rotatable bonds is 2. The van der Waals surface area contributed by atoms with E-state index in [1.54, 1.807) is 0 Å². The standard InChI is InChI=1S/2C4H6O2.CH2O/c2*1-3(2)4(5)6;1-2/h2*1H2,2H3,(H,5,6);1H2. The van der Waals surface area contributed by atoms with Crippen LogP contribution < -0.4 is 0 Å². The van der Waals surface area contributed by atoms with Gasteiger partial charge in [0.2, 0.25) is 0 Å². The highest BCUT2D eigenvalue weighted by Crippen LogP contribution is 1.81. The molecule has 80 valence electrons. The van der Waals surface area contributed by atoms with Crippen molar-refractivity contribution in [3.05, 3.63) is 24.3 Å². The van der Waals surface area contributed by atoms with E-state index in [9.17, 15) is 9.59 Å². The van der Waals surface area contributed by atoms with Gasteiger partial charge < -0.3 is 15.0 Å². The highest BCUT2D eigenvalue weighted by atomic mass is 16.4. The van der Waals surface area contributed by atoms with Gasteiger partial charge in [-0.15, -0.1) is 0 Å². The molecular formula is C9H14O5. The predicted octanol–water partition coefficient (Wildman–Crippen LogP) is 1.11. The first-order valence-corrected chi connectivity index (χ1v) is 3.35. The second-order valence-electron chi connectivity index (χ2n) is 2.17. The number of carboxylic acids is 2. The molecule has 2 N–H and O–H groups in total. The molecule has 0 saturated carbocycles. The molecule has 0 aliphatic rings. The van der Waals surface area contributed by atoms with Crippen molar-refractivity contribution in [2.45, 2.75) is 13.8 Å². The maximum Gasteiger partial charge on any atom is 0.330 e. The van der Waals surface area contributed by atoms with Gasteiger partial charge in [-0.3, -0.25) is 0 Å². The summed E-state index contributed by atoms with van der Waals surface area (Å²) in [6.45, 7) is 11.2. The summed E-state index contributed by atoms with van der Waals surface area (Å²) in [5, 5.41) is 15.8. The molecule has 0 aromatic heterocycles. The molecule has 0 aromatic carbocycles. The summed E-state index contributed by atoms with van der Waals surface area (Å²) in [5.41, 5.74) is 0.352. The minimum Gasteiger partial charge on any atom is -0.478 e. The lowest BCUT2D eigenvalue weighted by Crippen LogP contribution is -1.92. The molecule has 0 fully saturated rings. The van der Waals surface area contributed by atoms with Crippen molar-refractivity contribution in [3.63, 3.8) is 0 Å². The third kappa shape index (κ3) is 22.5. The Bertz CT molecular complexity index is 181. The van der Waals surface area contributed by atoms with Gasteiger partial charge in [-0.25, -0.2) is 9.59 Å². The Labute approximate surface area is 82.4 Å². The van der Waals surface area contributed by atoms with Crippen molar-refractivity contribution in [1.82, 2.24) is 0 Å². The van der Waals surface area contributed by atoms with Gasteiger partial charge in [-0.2, -0.15) is 0 Å². The molecule has 0 heterocycles. The van der Waals surface area contributed by atoms with Crippen molar-refractivity contribution in [2.75, 3.05) is 0 Å². The molecule has 0 saturated heterocycles. The van der Waals surface area contributed by atoms with Gasteiger partial charge in [0.25, 0.3) is 0 Å². The van der Waals surface area contributed by atoms with Gasteiger partial charge in [0.05, 0.1) is 0 Å². The zero-order valence-electron chi connectivity index (χ0n) is 8.24. The van der Waals surface area contributed by atoms with Crippen LogP contribution in [-0.2, 0) is 14.4 Å². The molecule has 14 heavy (non-hydrogen) atoms. The summed E-state index contributed by atoms with van der Waals surface area (Å²) < 4.78 is 0. The number of carboxylic acid groups (broad SMARTS) is 2. The lowest BCUT2D eigenvalue weighted by molar-refractivity contribution is -0.133. The van der Waals surface area contributed by atoms with Gasteiger partial charge in [-0.1, -0.05) is 13.2 Å². The van der Waals surface area contributed by atoms with E-state index >= 15 is 0 Å². The summed E-state index contributed by atoms with van der Waals surface area (Å²) in [4.78, 5) is 27.2. The molecule has 0 rings (SSSR count). The lowest BCUT2D eigenvalue weighted by Gasteiger charge is -1.79. The topological polar surface area (TPSA) is 91.7 Å². The maximum atomic E-state index is 9.60. The third-order valence-electron chi connectivity index (χ3n) is 0.730. The molecule has 0 amide bonds. The molecule has 0 aliphatic heterocycles. The smallest absolute Gasteiger partial charge is 0.330 e. The van der Waals surface area contributed by atoms with Crippen LogP contribution in [0.4, 0.5) is 0 Å². The number of carbonyl (C=O) groups excluding carboxylic acids is 1. The van der Waals surface area contributed by atoms with Crippen LogP contribution in [0.1, 0.15) is 13.8 Å². The number of carbonyl (C=O) groups is 3. The number of hydrogen-bond acceptors (Lipinski definition) is 3. The van der Waals surface area contributed by atoms with Crippen LogP contribution in [0, 0.1) is 0 Å². The van der Waals surface area contributed by atoms with E-state index in [0.717, 1.165) is 0 Å². The van der Waals surface area contributed by atoms with E-state index in [1.807, 2.05) is 6.79 Å². The van der Waals surface area contributed by atoms with E-state index in [4.69, 9.17) is 15.0 Å². The monoisotopic (exact) mass is 202 g/mol. The highest BCUT2D eigenvalue weighted by Gasteiger charge is 1.90. The van der Waals surface area contributed by atoms with Gasteiger partial charge in [0, 0.05) is 11.1 Å². The van der Waals surface area contributed by atoms with Crippen molar-refractivity contribution in [2.24, 2.45) is 0 Å². The Balaban J connectivity index is -0.000000147. The largest absolute Gasteiger partial charge is 0.478 e. The van der Waals surface area contributed by atoms with E-state index in [2.05, 4.69) is 13.2 Å². The minimum absolute atomic E-state index is 0.176. The summed E-state index contributed by atoms with van der Waals surface area (Å²) >= 11 is 0. The van der Waals surface area contributed by atoms with Gasteiger partial charge in [-0.05, 0) is 13.8 Å². The first-order valence-electron chi connectivity index (χ1n) is 3.35. The van der Waals surface area contributed by atoms with Gasteiger partial charge in [0.15, 0.2) is 0 Å². The Kier molecular flexibility index (Phi) is 14.3. The van der Waals surface area contributed by atoms with Crippen LogP contribution in [0.15, 0.2) is 24.3 Å². The zero-order chi connectivity index (χ0) is 12.3. The first-order chi connectivity index (χ1) is 6.29. The van der Waals surface area contributed by atoms with E-state index in [0.29, 0.717) is 0 Å². The van der Waals surface area contributed by atoms with Crippen LogP contribution in [0.25, 0.3) is 0 Å². The van der Waals surface area contributed by atoms with Crippen molar-refractivity contribution < 1.29 is 24.6 Å². The fourth-order valence-corrected chi connectivity index (χ4v) is 0. The Morgan fingerprint density at radius 2 is 0.929 bits per heavy atom. The fourth-order valence-electron chi connectivity index (χ4n) is 0. The van der Waals surface area contributed by atoms with Gasteiger partial charge >= 0.3 is 11.9 Å². The zero-order valence-corrected chi connectivity index (χ0v) is 8.24. The average molecular weight is 202 g/mol. The Hall–Kier alpha value is -1.91. The first kappa shape index (κ1) is 18.0. The van der Waals surface area contributed by atoms with E-state index in [1.165, 1.54) is 13.8 Å². The molecule has 0 atom stereocenters. The van der Waals surface area contributed by atoms with E-state index in [-0.39, 0.29) is 11.1 Å². The second kappa shape index (κ2) is 11.1. The van der Waals surface area contributed by atoms with Crippen molar-refractivity contribution in [1.29, 1.82) is 0 Å². The molecular weight excluding hydrogens is 188 g/mol. The van der Waals surface area contributed by atoms with Crippen LogP contribution >= 0.6 is 0 Å². The summed E-state index contributed by atoms with van der Waals surface area (Å²) in [6, 6.07) is 0. The molecule has 0 spiro atoms. The fraction of sp³-hybridized carbons (Fsp3) is 0.222. The second-order valence-corrected chi connectivity index (χ2v) is 2.17. The molecule has 0 unspecified atom stereocenters. The minimum atomic E-state index is -0.935. The summed E-state index contributed by atoms with van der Waals surface area (Å²) in [7, 11) is 0. The number of aliphatic carboxylic acids is 2. The van der Waals surface area contributed by atoms with Crippen LogP contribution in [0.2, 0.25) is 0 Å². The summed E-state index contributed by atoms with van der Waals surface area (Å²) in [6.07, 6.45) is 0. The van der Waals surface area contributed by atoms with Crippen LogP contribution in [-0.4, -0.2) is 28.9 Å². The summed E-state index contributed by atoms with van der Waals surface area (Å²) in [5.74, 6) is -1.87. The van der Waals surface area contributed by atoms with Crippen LogP contribution in [0.5, 0.6) is 0 Å². The SMILES string of the molecule is C=C(C)C(=O)O.C=C(C)C(=O)O.C=O. The Morgan fingerprint density at radius 1 is 0.857 bits per heavy atom. The molecule has 5 nitrogen and oxygen atoms in total.